The van der Waals surface area contributed by atoms with Gasteiger partial charge in [-0.1, -0.05) is 0 Å². The quantitative estimate of drug-likeness (QED) is 0.783. The summed E-state index contributed by atoms with van der Waals surface area (Å²) >= 11 is 0. The van der Waals surface area contributed by atoms with Crippen molar-refractivity contribution in [2.45, 2.75) is 50.4 Å². The van der Waals surface area contributed by atoms with Crippen LogP contribution in [0, 0.1) is 5.92 Å². The Kier molecular flexibility index (Phi) is 2.61. The molecule has 2 fully saturated rings. The van der Waals surface area contributed by atoms with Crippen LogP contribution < -0.4 is 5.73 Å². The molecule has 2 aliphatic heterocycles. The van der Waals surface area contributed by atoms with Gasteiger partial charge in [0.1, 0.15) is 0 Å². The van der Waals surface area contributed by atoms with Gasteiger partial charge in [-0.25, -0.2) is 0 Å². The van der Waals surface area contributed by atoms with Gasteiger partial charge >= 0.3 is 6.18 Å². The predicted molar refractivity (Wildman–Crippen MR) is 62.4 cm³/mol. The second kappa shape index (κ2) is 3.93. The molecule has 1 unspecified atom stereocenters. The molecule has 2 nitrogen and oxygen atoms in total. The van der Waals surface area contributed by atoms with Crippen molar-refractivity contribution in [3.8, 4) is 0 Å². The van der Waals surface area contributed by atoms with Gasteiger partial charge in [0, 0.05) is 29.9 Å². The van der Waals surface area contributed by atoms with Crippen molar-refractivity contribution in [3.05, 3.63) is 23.5 Å². The fourth-order valence-corrected chi connectivity index (χ4v) is 3.58. The minimum absolute atomic E-state index is 0.0127. The predicted octanol–water partition coefficient (Wildman–Crippen LogP) is 2.92. The van der Waals surface area contributed by atoms with E-state index in [0.29, 0.717) is 12.1 Å². The molecule has 0 aromatic heterocycles. The summed E-state index contributed by atoms with van der Waals surface area (Å²) in [5.74, 6) is -1.50. The van der Waals surface area contributed by atoms with Crippen molar-refractivity contribution >= 4 is 0 Å². The van der Waals surface area contributed by atoms with Crippen LogP contribution >= 0.6 is 0 Å². The molecule has 100 valence electrons. The summed E-state index contributed by atoms with van der Waals surface area (Å²) in [6.07, 6.45) is 3.49. The van der Waals surface area contributed by atoms with Gasteiger partial charge in [0.05, 0.1) is 5.92 Å². The minimum Gasteiger partial charge on any atom is -0.402 e. The number of hydrogen-bond acceptors (Lipinski definition) is 2. The number of nitrogens with two attached hydrogens (primary N) is 1. The second-order valence-electron chi connectivity index (χ2n) is 5.49. The standard InChI is InChI=1S/C13H17F3N2/c14-13(15,16)11-7-10(5-6-12(11)17)18-8-1-2-9(18)4-3-8/h5-6,8-9,11H,1-4,7,17H2. The van der Waals surface area contributed by atoms with Gasteiger partial charge in [0.15, 0.2) is 0 Å². The summed E-state index contributed by atoms with van der Waals surface area (Å²) in [7, 11) is 0. The Labute approximate surface area is 104 Å². The van der Waals surface area contributed by atoms with Crippen LogP contribution in [0.25, 0.3) is 0 Å². The molecule has 2 saturated heterocycles. The van der Waals surface area contributed by atoms with E-state index in [4.69, 9.17) is 5.73 Å². The van der Waals surface area contributed by atoms with Gasteiger partial charge in [-0.05, 0) is 37.8 Å². The van der Waals surface area contributed by atoms with Gasteiger partial charge in [-0.2, -0.15) is 13.2 Å². The second-order valence-corrected chi connectivity index (χ2v) is 5.49. The monoisotopic (exact) mass is 258 g/mol. The molecule has 18 heavy (non-hydrogen) atoms. The molecule has 3 aliphatic rings. The molecule has 1 atom stereocenters. The van der Waals surface area contributed by atoms with E-state index >= 15 is 0 Å². The highest BCUT2D eigenvalue weighted by Crippen LogP contribution is 2.45. The Bertz CT molecular complexity index is 391. The Morgan fingerprint density at radius 3 is 2.11 bits per heavy atom. The van der Waals surface area contributed by atoms with Crippen LogP contribution in [0.5, 0.6) is 0 Å². The first kappa shape index (κ1) is 11.9. The first-order valence-corrected chi connectivity index (χ1v) is 6.48. The topological polar surface area (TPSA) is 29.3 Å². The van der Waals surface area contributed by atoms with E-state index in [0.717, 1.165) is 31.4 Å². The average molecular weight is 258 g/mol. The summed E-state index contributed by atoms with van der Waals surface area (Å²) in [6.45, 7) is 0. The highest BCUT2D eigenvalue weighted by molar-refractivity contribution is 5.27. The van der Waals surface area contributed by atoms with Crippen molar-refractivity contribution in [1.82, 2.24) is 4.90 Å². The maximum atomic E-state index is 12.9. The molecule has 0 saturated carbocycles. The third-order valence-electron chi connectivity index (χ3n) is 4.46. The highest BCUT2D eigenvalue weighted by Gasteiger charge is 2.46. The third-order valence-corrected chi connectivity index (χ3v) is 4.46. The molecule has 0 radical (unpaired) electrons. The lowest BCUT2D eigenvalue weighted by Crippen LogP contribution is -2.36. The molecule has 2 bridgehead atoms. The van der Waals surface area contributed by atoms with E-state index in [1.807, 2.05) is 0 Å². The molecule has 2 heterocycles. The van der Waals surface area contributed by atoms with E-state index in [9.17, 15) is 13.2 Å². The number of alkyl halides is 3. The Balaban J connectivity index is 1.83. The molecule has 2 N–H and O–H groups in total. The van der Waals surface area contributed by atoms with Gasteiger partial charge in [-0.3, -0.25) is 0 Å². The molecule has 0 aromatic rings. The third kappa shape index (κ3) is 1.80. The zero-order valence-electron chi connectivity index (χ0n) is 10.1. The first-order chi connectivity index (χ1) is 8.47. The van der Waals surface area contributed by atoms with Crippen molar-refractivity contribution in [3.63, 3.8) is 0 Å². The first-order valence-electron chi connectivity index (χ1n) is 6.48. The molecule has 0 amide bonds. The highest BCUT2D eigenvalue weighted by atomic mass is 19.4. The summed E-state index contributed by atoms with van der Waals surface area (Å²) in [4.78, 5) is 2.22. The molecule has 0 spiro atoms. The van der Waals surface area contributed by atoms with Gasteiger partial charge in [0.2, 0.25) is 0 Å². The van der Waals surface area contributed by atoms with E-state index < -0.39 is 12.1 Å². The van der Waals surface area contributed by atoms with Gasteiger partial charge in [0.25, 0.3) is 0 Å². The van der Waals surface area contributed by atoms with Crippen LogP contribution in [-0.4, -0.2) is 23.2 Å². The lowest BCUT2D eigenvalue weighted by molar-refractivity contribution is -0.165. The molecular weight excluding hydrogens is 241 g/mol. The number of nitrogens with zero attached hydrogens (tertiary/aromatic N) is 1. The van der Waals surface area contributed by atoms with E-state index in [1.54, 1.807) is 6.08 Å². The number of hydrogen-bond donors (Lipinski definition) is 1. The largest absolute Gasteiger partial charge is 0.402 e. The van der Waals surface area contributed by atoms with E-state index in [-0.39, 0.29) is 12.1 Å². The van der Waals surface area contributed by atoms with Crippen LogP contribution in [0.3, 0.4) is 0 Å². The molecular formula is C13H17F3N2. The molecule has 0 aromatic carbocycles. The fourth-order valence-electron chi connectivity index (χ4n) is 3.58. The van der Waals surface area contributed by atoms with Crippen molar-refractivity contribution in [1.29, 1.82) is 0 Å². The number of rotatable bonds is 1. The van der Waals surface area contributed by atoms with Crippen molar-refractivity contribution in [2.75, 3.05) is 0 Å². The van der Waals surface area contributed by atoms with Crippen LogP contribution in [-0.2, 0) is 0 Å². The maximum Gasteiger partial charge on any atom is 0.397 e. The lowest BCUT2D eigenvalue weighted by Gasteiger charge is -2.33. The molecule has 5 heteroatoms. The Morgan fingerprint density at radius 1 is 1.06 bits per heavy atom. The normalized spacial score (nSPS) is 35.7. The SMILES string of the molecule is NC1=CC=C(N2C3CCC2CC3)CC1C(F)(F)F. The van der Waals surface area contributed by atoms with Gasteiger partial charge < -0.3 is 10.6 Å². The number of halogens is 3. The fraction of sp³-hybridized carbons (Fsp3) is 0.692. The Hall–Kier alpha value is -1.13. The van der Waals surface area contributed by atoms with E-state index in [1.165, 1.54) is 6.08 Å². The lowest BCUT2D eigenvalue weighted by atomic mass is 9.93. The Morgan fingerprint density at radius 2 is 1.61 bits per heavy atom. The molecule has 1 aliphatic carbocycles. The summed E-state index contributed by atoms with van der Waals surface area (Å²) < 4.78 is 38.7. The number of allylic oxidation sites excluding steroid dienone is 4. The van der Waals surface area contributed by atoms with Crippen LogP contribution in [0.4, 0.5) is 13.2 Å². The van der Waals surface area contributed by atoms with E-state index in [2.05, 4.69) is 4.90 Å². The zero-order valence-corrected chi connectivity index (χ0v) is 10.1. The minimum atomic E-state index is -4.24. The summed E-state index contributed by atoms with van der Waals surface area (Å²) in [5, 5.41) is 0. The van der Waals surface area contributed by atoms with Crippen molar-refractivity contribution < 1.29 is 13.2 Å². The average Bonchev–Trinajstić information content (AvgIpc) is 2.88. The smallest absolute Gasteiger partial charge is 0.397 e. The molecule has 3 rings (SSSR count). The van der Waals surface area contributed by atoms with Crippen LogP contribution in [0.2, 0.25) is 0 Å². The summed E-state index contributed by atoms with van der Waals surface area (Å²) in [6, 6.07) is 0.922. The summed E-state index contributed by atoms with van der Waals surface area (Å²) in [5.41, 5.74) is 6.26. The van der Waals surface area contributed by atoms with Crippen LogP contribution in [0.15, 0.2) is 23.5 Å². The van der Waals surface area contributed by atoms with Crippen LogP contribution in [0.1, 0.15) is 32.1 Å². The van der Waals surface area contributed by atoms with Gasteiger partial charge in [-0.15, -0.1) is 0 Å². The maximum absolute atomic E-state index is 12.9. The number of fused-ring (bicyclic) bond motifs is 2. The van der Waals surface area contributed by atoms with Crippen molar-refractivity contribution in [2.24, 2.45) is 11.7 Å². The zero-order chi connectivity index (χ0) is 12.9.